The van der Waals surface area contributed by atoms with Crippen LogP contribution in [0.2, 0.25) is 5.02 Å². The third-order valence-electron chi connectivity index (χ3n) is 3.97. The highest BCUT2D eigenvalue weighted by Crippen LogP contribution is 2.32. The van der Waals surface area contributed by atoms with E-state index in [1.807, 2.05) is 0 Å². The average molecular weight is 400 g/mol. The number of benzene rings is 2. The maximum atomic E-state index is 12.6. The summed E-state index contributed by atoms with van der Waals surface area (Å²) in [7, 11) is 0. The topological polar surface area (TPSA) is 88.2 Å². The van der Waals surface area contributed by atoms with Crippen LogP contribution in [-0.2, 0) is 13.1 Å². The molecular weight excluding hydrogens is 387 g/mol. The van der Waals surface area contributed by atoms with E-state index in [0.29, 0.717) is 22.3 Å². The van der Waals surface area contributed by atoms with E-state index in [0.717, 1.165) is 0 Å². The maximum absolute atomic E-state index is 12.6. The molecule has 0 spiro atoms. The first-order valence-electron chi connectivity index (χ1n) is 7.62. The third-order valence-corrected chi connectivity index (χ3v) is 4.27. The van der Waals surface area contributed by atoms with Gasteiger partial charge in [0.25, 0.3) is 5.91 Å². The smallest absolute Gasteiger partial charge is 0.409 e. The zero-order chi connectivity index (χ0) is 19.8. The van der Waals surface area contributed by atoms with Gasteiger partial charge in [-0.05, 0) is 35.4 Å². The van der Waals surface area contributed by atoms with Crippen molar-refractivity contribution in [2.45, 2.75) is 19.5 Å². The minimum absolute atomic E-state index is 0.133. The molecular formula is C17H13ClF3N3O3. The minimum Gasteiger partial charge on any atom is -0.409 e. The van der Waals surface area contributed by atoms with Crippen LogP contribution in [0.5, 0.6) is 5.75 Å². The van der Waals surface area contributed by atoms with E-state index in [-0.39, 0.29) is 35.6 Å². The molecule has 142 valence electrons. The number of hydrogen-bond acceptors (Lipinski definition) is 4. The third kappa shape index (κ3) is 4.08. The molecule has 0 atom stereocenters. The van der Waals surface area contributed by atoms with Crippen LogP contribution in [0.3, 0.4) is 0 Å². The molecule has 2 aromatic carbocycles. The van der Waals surface area contributed by atoms with Crippen LogP contribution < -0.4 is 10.5 Å². The number of nitrogens with zero attached hydrogens (tertiary/aromatic N) is 2. The molecule has 1 aliphatic rings. The van der Waals surface area contributed by atoms with Crippen molar-refractivity contribution < 1.29 is 27.9 Å². The highest BCUT2D eigenvalue weighted by molar-refractivity contribution is 6.34. The summed E-state index contributed by atoms with van der Waals surface area (Å²) in [6.07, 6.45) is -4.76. The molecule has 0 radical (unpaired) electrons. The molecule has 0 aliphatic carbocycles. The summed E-state index contributed by atoms with van der Waals surface area (Å²) in [5.41, 5.74) is 7.50. The fourth-order valence-electron chi connectivity index (χ4n) is 2.81. The second-order valence-electron chi connectivity index (χ2n) is 5.83. The molecule has 1 aliphatic heterocycles. The molecule has 0 unspecified atom stereocenters. The van der Waals surface area contributed by atoms with Crippen molar-refractivity contribution in [1.29, 1.82) is 0 Å². The zero-order valence-electron chi connectivity index (χ0n) is 13.6. The molecule has 3 N–H and O–H groups in total. The zero-order valence-corrected chi connectivity index (χ0v) is 14.4. The van der Waals surface area contributed by atoms with Crippen LogP contribution in [0.15, 0.2) is 41.6 Å². The van der Waals surface area contributed by atoms with Crippen LogP contribution in [0.1, 0.15) is 27.0 Å². The average Bonchev–Trinajstić information content (AvgIpc) is 2.90. The van der Waals surface area contributed by atoms with E-state index in [1.165, 1.54) is 35.2 Å². The number of rotatable bonds is 4. The molecule has 27 heavy (non-hydrogen) atoms. The van der Waals surface area contributed by atoms with E-state index in [1.54, 1.807) is 6.07 Å². The first kappa shape index (κ1) is 18.8. The van der Waals surface area contributed by atoms with Crippen LogP contribution in [0.4, 0.5) is 13.2 Å². The summed E-state index contributed by atoms with van der Waals surface area (Å²) in [6.45, 7) is 0.413. The Hall–Kier alpha value is -2.94. The van der Waals surface area contributed by atoms with Crippen LogP contribution in [0, 0.1) is 0 Å². The Bertz CT molecular complexity index is 914. The lowest BCUT2D eigenvalue weighted by Crippen LogP contribution is -2.23. The molecule has 3 rings (SSSR count). The second kappa shape index (κ2) is 6.99. The van der Waals surface area contributed by atoms with E-state index in [2.05, 4.69) is 9.89 Å². The van der Waals surface area contributed by atoms with Gasteiger partial charge in [0.05, 0.1) is 10.6 Å². The first-order valence-corrected chi connectivity index (χ1v) is 8.00. The number of ether oxygens (including phenoxy) is 1. The summed E-state index contributed by atoms with van der Waals surface area (Å²) in [5, 5.41) is 11.9. The molecule has 0 saturated carbocycles. The van der Waals surface area contributed by atoms with Crippen LogP contribution >= 0.6 is 11.6 Å². The van der Waals surface area contributed by atoms with E-state index in [9.17, 15) is 18.0 Å². The van der Waals surface area contributed by atoms with Gasteiger partial charge in [0, 0.05) is 18.7 Å². The van der Waals surface area contributed by atoms with Gasteiger partial charge in [0.15, 0.2) is 5.84 Å². The number of fused-ring (bicyclic) bond motifs is 1. The van der Waals surface area contributed by atoms with Crippen molar-refractivity contribution in [1.82, 2.24) is 4.90 Å². The quantitative estimate of drug-likeness (QED) is 0.356. The standard InChI is InChI=1S/C17H13ClF3N3O3/c18-13-6-10(15(22)23-26)5-11-8-24(16(25)14(11)13)7-9-1-3-12(4-2-9)27-17(19,20)21/h1-6,26H,7-8H2,(H2,22,23). The monoisotopic (exact) mass is 399 g/mol. The first-order chi connectivity index (χ1) is 12.7. The van der Waals surface area contributed by atoms with Gasteiger partial charge < -0.3 is 20.6 Å². The summed E-state index contributed by atoms with van der Waals surface area (Å²) in [6, 6.07) is 8.29. The molecule has 0 saturated heterocycles. The maximum Gasteiger partial charge on any atom is 0.573 e. The number of carbonyl (C=O) groups excluding carboxylic acids is 1. The van der Waals surface area contributed by atoms with Gasteiger partial charge in [-0.25, -0.2) is 0 Å². The summed E-state index contributed by atoms with van der Waals surface area (Å²) >= 11 is 6.16. The predicted octanol–water partition coefficient (Wildman–Crippen LogP) is 3.49. The molecule has 2 aromatic rings. The fourth-order valence-corrected chi connectivity index (χ4v) is 3.13. The van der Waals surface area contributed by atoms with Crippen molar-refractivity contribution in [2.75, 3.05) is 0 Å². The van der Waals surface area contributed by atoms with Gasteiger partial charge in [-0.1, -0.05) is 28.9 Å². The van der Waals surface area contributed by atoms with E-state index in [4.69, 9.17) is 22.5 Å². The Morgan fingerprint density at radius 1 is 1.30 bits per heavy atom. The SMILES string of the molecule is NC(=NO)c1cc(Cl)c2c(c1)CN(Cc1ccc(OC(F)(F)F)cc1)C2=O. The lowest BCUT2D eigenvalue weighted by molar-refractivity contribution is -0.274. The van der Waals surface area contributed by atoms with E-state index < -0.39 is 6.36 Å². The Labute approximate surface area is 156 Å². The Morgan fingerprint density at radius 2 is 1.96 bits per heavy atom. The molecule has 0 aromatic heterocycles. The van der Waals surface area contributed by atoms with Crippen molar-refractivity contribution in [3.8, 4) is 5.75 Å². The van der Waals surface area contributed by atoms with Crippen LogP contribution in [-0.4, -0.2) is 28.2 Å². The summed E-state index contributed by atoms with van der Waals surface area (Å²) in [5.74, 6) is -0.781. The van der Waals surface area contributed by atoms with Crippen LogP contribution in [0.25, 0.3) is 0 Å². The normalized spacial score (nSPS) is 14.4. The van der Waals surface area contributed by atoms with Crippen molar-refractivity contribution in [3.63, 3.8) is 0 Å². The number of carbonyl (C=O) groups is 1. The minimum atomic E-state index is -4.76. The summed E-state index contributed by atoms with van der Waals surface area (Å²) in [4.78, 5) is 14.1. The van der Waals surface area contributed by atoms with Crippen molar-refractivity contribution in [2.24, 2.45) is 10.9 Å². The molecule has 10 heteroatoms. The lowest BCUT2D eigenvalue weighted by atomic mass is 10.1. The molecule has 6 nitrogen and oxygen atoms in total. The molecule has 1 amide bonds. The number of hydrogen-bond donors (Lipinski definition) is 2. The van der Waals surface area contributed by atoms with Gasteiger partial charge in [-0.15, -0.1) is 13.2 Å². The van der Waals surface area contributed by atoms with Gasteiger partial charge >= 0.3 is 6.36 Å². The number of halogens is 4. The molecule has 1 heterocycles. The van der Waals surface area contributed by atoms with Gasteiger partial charge in [0.1, 0.15) is 5.75 Å². The lowest BCUT2D eigenvalue weighted by Gasteiger charge is -2.16. The number of amidine groups is 1. The predicted molar refractivity (Wildman–Crippen MR) is 90.7 cm³/mol. The number of oxime groups is 1. The fraction of sp³-hybridized carbons (Fsp3) is 0.176. The molecule has 0 bridgehead atoms. The van der Waals surface area contributed by atoms with Crippen molar-refractivity contribution in [3.05, 3.63) is 63.7 Å². The number of alkyl halides is 3. The van der Waals surface area contributed by atoms with Gasteiger partial charge in [0.2, 0.25) is 0 Å². The van der Waals surface area contributed by atoms with Crippen molar-refractivity contribution >= 4 is 23.3 Å². The number of nitrogens with two attached hydrogens (primary N) is 1. The second-order valence-corrected chi connectivity index (χ2v) is 6.24. The highest BCUT2D eigenvalue weighted by Gasteiger charge is 2.32. The van der Waals surface area contributed by atoms with E-state index >= 15 is 0 Å². The Kier molecular flexibility index (Phi) is 4.88. The summed E-state index contributed by atoms with van der Waals surface area (Å²) < 4.78 is 40.4. The van der Waals surface area contributed by atoms with Gasteiger partial charge in [-0.3, -0.25) is 4.79 Å². The van der Waals surface area contributed by atoms with Gasteiger partial charge in [-0.2, -0.15) is 0 Å². The molecule has 0 fully saturated rings. The highest BCUT2D eigenvalue weighted by atomic mass is 35.5. The Morgan fingerprint density at radius 3 is 2.56 bits per heavy atom. The number of amides is 1. The Balaban J connectivity index is 1.77. The largest absolute Gasteiger partial charge is 0.573 e.